The van der Waals surface area contributed by atoms with Crippen molar-refractivity contribution in [3.63, 3.8) is 0 Å². The molecule has 1 aliphatic carbocycles. The lowest BCUT2D eigenvalue weighted by Gasteiger charge is -2.27. The van der Waals surface area contributed by atoms with Crippen molar-refractivity contribution in [2.45, 2.75) is 49.3 Å². The number of rotatable bonds is 6. The predicted octanol–water partition coefficient (Wildman–Crippen LogP) is 3.76. The number of nitrogens with one attached hydrogen (secondary N) is 1. The molecular formula is C24H25F4N3O4S. The van der Waals surface area contributed by atoms with Gasteiger partial charge in [0.05, 0.1) is 22.1 Å². The van der Waals surface area contributed by atoms with Crippen LogP contribution < -0.4 is 5.32 Å². The van der Waals surface area contributed by atoms with Crippen LogP contribution >= 0.6 is 0 Å². The molecule has 2 amide bonds. The number of aromatic nitrogens is 1. The second-order valence-electron chi connectivity index (χ2n) is 9.55. The third-order valence-electron chi connectivity index (χ3n) is 6.52. The average molecular weight is 528 g/mol. The molecule has 0 radical (unpaired) electrons. The summed E-state index contributed by atoms with van der Waals surface area (Å²) in [7, 11) is -3.61. The van der Waals surface area contributed by atoms with Gasteiger partial charge >= 0.3 is 6.18 Å². The Hall–Kier alpha value is -3.02. The molecule has 2 heterocycles. The van der Waals surface area contributed by atoms with E-state index in [4.69, 9.17) is 0 Å². The lowest BCUT2D eigenvalue weighted by atomic mass is 9.98. The topological polar surface area (TPSA) is 96.4 Å². The number of amides is 2. The summed E-state index contributed by atoms with van der Waals surface area (Å²) >= 11 is 0. The molecular weight excluding hydrogens is 502 g/mol. The molecule has 12 heteroatoms. The second-order valence-corrected chi connectivity index (χ2v) is 11.6. The third-order valence-corrected chi connectivity index (χ3v) is 7.60. The molecule has 3 atom stereocenters. The fraction of sp³-hybridized carbons (Fsp3) is 0.458. The molecule has 2 aliphatic rings. The number of carbonyl (C=O) groups excluding carboxylic acids is 2. The second kappa shape index (κ2) is 9.45. The molecule has 1 saturated carbocycles. The van der Waals surface area contributed by atoms with Crippen molar-refractivity contribution >= 4 is 21.7 Å². The quantitative estimate of drug-likeness (QED) is 0.578. The predicted molar refractivity (Wildman–Crippen MR) is 121 cm³/mol. The van der Waals surface area contributed by atoms with Gasteiger partial charge in [0.25, 0.3) is 5.91 Å². The highest BCUT2D eigenvalue weighted by molar-refractivity contribution is 7.90. The van der Waals surface area contributed by atoms with Gasteiger partial charge in [-0.2, -0.15) is 13.2 Å². The van der Waals surface area contributed by atoms with Gasteiger partial charge in [0.15, 0.2) is 9.84 Å². The smallest absolute Gasteiger partial charge is 0.347 e. The summed E-state index contributed by atoms with van der Waals surface area (Å²) in [6.07, 6.45) is 0.329. The van der Waals surface area contributed by atoms with Crippen molar-refractivity contribution < 1.29 is 35.6 Å². The zero-order valence-electron chi connectivity index (χ0n) is 19.5. The van der Waals surface area contributed by atoms with Crippen LogP contribution in [0.5, 0.6) is 0 Å². The number of halogens is 4. The van der Waals surface area contributed by atoms with Crippen molar-refractivity contribution in [1.82, 2.24) is 15.2 Å². The van der Waals surface area contributed by atoms with E-state index in [-0.39, 0.29) is 34.4 Å². The van der Waals surface area contributed by atoms with Crippen molar-refractivity contribution in [1.29, 1.82) is 0 Å². The molecule has 7 nitrogen and oxygen atoms in total. The first-order valence-electron chi connectivity index (χ1n) is 11.4. The van der Waals surface area contributed by atoms with Gasteiger partial charge in [-0.05, 0) is 49.3 Å². The Balaban J connectivity index is 1.57. The fourth-order valence-electron chi connectivity index (χ4n) is 4.51. The van der Waals surface area contributed by atoms with Gasteiger partial charge in [0, 0.05) is 30.8 Å². The molecule has 2 aromatic rings. The van der Waals surface area contributed by atoms with Crippen molar-refractivity contribution in [2.24, 2.45) is 11.8 Å². The summed E-state index contributed by atoms with van der Waals surface area (Å²) < 4.78 is 77.3. The fourth-order valence-corrected chi connectivity index (χ4v) is 5.10. The summed E-state index contributed by atoms with van der Waals surface area (Å²) in [4.78, 5) is 31.6. The molecule has 1 aliphatic heterocycles. The summed E-state index contributed by atoms with van der Waals surface area (Å²) in [5.41, 5.74) is -1.14. The van der Waals surface area contributed by atoms with Crippen LogP contribution in [0.3, 0.4) is 0 Å². The number of hydrogen-bond acceptors (Lipinski definition) is 5. The highest BCUT2D eigenvalue weighted by Crippen LogP contribution is 2.43. The normalized spacial score (nSPS) is 21.3. The highest BCUT2D eigenvalue weighted by Gasteiger charge is 2.42. The van der Waals surface area contributed by atoms with E-state index in [0.29, 0.717) is 25.3 Å². The Bertz CT molecular complexity index is 1290. The van der Waals surface area contributed by atoms with E-state index in [9.17, 15) is 35.6 Å². The van der Waals surface area contributed by atoms with Crippen molar-refractivity contribution in [3.05, 3.63) is 59.2 Å². The monoisotopic (exact) mass is 527 g/mol. The number of hydrogen-bond donors (Lipinski definition) is 1. The van der Waals surface area contributed by atoms with Crippen LogP contribution in [0, 0.1) is 17.7 Å². The first kappa shape index (κ1) is 26.1. The zero-order chi connectivity index (χ0) is 26.4. The zero-order valence-corrected chi connectivity index (χ0v) is 20.4. The van der Waals surface area contributed by atoms with Gasteiger partial charge in [-0.15, -0.1) is 0 Å². The molecule has 1 aromatic heterocycles. The van der Waals surface area contributed by atoms with Gasteiger partial charge in [-0.3, -0.25) is 14.6 Å². The molecule has 0 unspecified atom stereocenters. The molecule has 1 saturated heterocycles. The van der Waals surface area contributed by atoms with Gasteiger partial charge < -0.3 is 10.2 Å². The third kappa shape index (κ3) is 5.53. The standard InChI is InChI=1S/C24H25F4N3O4S/c1-13-7-20(31(12-13)23(33)15-8-17(11-29-10-15)36(2,34)35)22(32)30-21(14-3-4-14)18-6-5-16(9-19(18)25)24(26,27)28/h5-6,8-11,13-14,20-21H,3-4,7,12H2,1-2H3,(H,30,32)/t13-,20-,21-/m1/s1. The summed E-state index contributed by atoms with van der Waals surface area (Å²) in [6, 6.07) is 1.72. The highest BCUT2D eigenvalue weighted by atomic mass is 32.2. The first-order valence-corrected chi connectivity index (χ1v) is 13.3. The molecule has 36 heavy (non-hydrogen) atoms. The minimum atomic E-state index is -4.69. The van der Waals surface area contributed by atoms with E-state index in [0.717, 1.165) is 24.6 Å². The molecule has 194 valence electrons. The van der Waals surface area contributed by atoms with Gasteiger partial charge in [0.1, 0.15) is 11.9 Å². The number of pyridine rings is 1. The maximum atomic E-state index is 14.7. The average Bonchev–Trinajstić information content (AvgIpc) is 3.56. The molecule has 4 rings (SSSR count). The van der Waals surface area contributed by atoms with Crippen LogP contribution in [-0.2, 0) is 20.8 Å². The lowest BCUT2D eigenvalue weighted by molar-refractivity contribution is -0.137. The van der Waals surface area contributed by atoms with Gasteiger partial charge in [-0.25, -0.2) is 12.8 Å². The molecule has 0 bridgehead atoms. The van der Waals surface area contributed by atoms with Gasteiger partial charge in [-0.1, -0.05) is 13.0 Å². The Kier molecular flexibility index (Phi) is 6.84. The number of nitrogens with zero attached hydrogens (tertiary/aromatic N) is 2. The van der Waals surface area contributed by atoms with Crippen LogP contribution in [0.15, 0.2) is 41.6 Å². The van der Waals surface area contributed by atoms with E-state index in [1.807, 2.05) is 6.92 Å². The number of sulfone groups is 1. The van der Waals surface area contributed by atoms with Crippen LogP contribution in [0.25, 0.3) is 0 Å². The van der Waals surface area contributed by atoms with Crippen LogP contribution in [0.4, 0.5) is 17.6 Å². The minimum absolute atomic E-state index is 0.0114. The Labute approximate surface area is 205 Å². The largest absolute Gasteiger partial charge is 0.416 e. The van der Waals surface area contributed by atoms with E-state index in [1.54, 1.807) is 0 Å². The van der Waals surface area contributed by atoms with Gasteiger partial charge in [0.2, 0.25) is 5.91 Å². The maximum Gasteiger partial charge on any atom is 0.416 e. The lowest BCUT2D eigenvalue weighted by Crippen LogP contribution is -2.47. The molecule has 1 aromatic carbocycles. The minimum Gasteiger partial charge on any atom is -0.347 e. The van der Waals surface area contributed by atoms with E-state index in [1.165, 1.54) is 17.2 Å². The number of benzene rings is 1. The van der Waals surface area contributed by atoms with Crippen LogP contribution in [0.1, 0.15) is 53.7 Å². The molecule has 0 spiro atoms. The summed E-state index contributed by atoms with van der Waals surface area (Å²) in [6.45, 7) is 2.09. The Morgan fingerprint density at radius 1 is 1.17 bits per heavy atom. The Morgan fingerprint density at radius 3 is 2.44 bits per heavy atom. The number of carbonyl (C=O) groups is 2. The molecule has 2 fully saturated rings. The van der Waals surface area contributed by atoms with Crippen LogP contribution in [-0.4, -0.2) is 49.0 Å². The first-order chi connectivity index (χ1) is 16.8. The van der Waals surface area contributed by atoms with Crippen molar-refractivity contribution in [3.8, 4) is 0 Å². The number of likely N-dealkylation sites (tertiary alicyclic amines) is 1. The van der Waals surface area contributed by atoms with Crippen LogP contribution in [0.2, 0.25) is 0 Å². The van der Waals surface area contributed by atoms with E-state index >= 15 is 0 Å². The summed E-state index contributed by atoms with van der Waals surface area (Å²) in [5, 5.41) is 2.76. The number of alkyl halides is 3. The molecule has 1 N–H and O–H groups in total. The van der Waals surface area contributed by atoms with Crippen molar-refractivity contribution in [2.75, 3.05) is 12.8 Å². The Morgan fingerprint density at radius 2 is 1.86 bits per heavy atom. The van der Waals surface area contributed by atoms with E-state index in [2.05, 4.69) is 10.3 Å². The SMILES string of the molecule is C[C@@H]1C[C@H](C(=O)N[C@@H](c2ccc(C(F)(F)F)cc2F)C2CC2)N(C(=O)c2cncc(S(C)(=O)=O)c2)C1. The maximum absolute atomic E-state index is 14.7. The summed E-state index contributed by atoms with van der Waals surface area (Å²) in [5.74, 6) is -2.34. The van der Waals surface area contributed by atoms with E-state index < -0.39 is 51.3 Å².